The van der Waals surface area contributed by atoms with Gasteiger partial charge in [-0.25, -0.2) is 0 Å². The molecule has 0 N–H and O–H groups in total. The molecule has 5 nitrogen and oxygen atoms in total. The summed E-state index contributed by atoms with van der Waals surface area (Å²) in [5.74, 6) is 0.754. The van der Waals surface area contributed by atoms with E-state index in [0.29, 0.717) is 52.9 Å². The summed E-state index contributed by atoms with van der Waals surface area (Å²) in [5.41, 5.74) is 0. The monoisotopic (exact) mass is 320 g/mol. The van der Waals surface area contributed by atoms with Gasteiger partial charge in [-0.1, -0.05) is 20.8 Å². The fourth-order valence-electron chi connectivity index (χ4n) is 1.72. The fraction of sp³-hybridized carbons (Fsp3) is 1.00. The molecule has 0 bridgehead atoms. The van der Waals surface area contributed by atoms with Gasteiger partial charge in [0.05, 0.1) is 52.9 Å². The summed E-state index contributed by atoms with van der Waals surface area (Å²) in [4.78, 5) is 0. The summed E-state index contributed by atoms with van der Waals surface area (Å²) in [5, 5.41) is 0. The van der Waals surface area contributed by atoms with Crippen molar-refractivity contribution >= 4 is 0 Å². The van der Waals surface area contributed by atoms with Gasteiger partial charge in [-0.15, -0.1) is 0 Å². The van der Waals surface area contributed by atoms with Crippen molar-refractivity contribution in [1.82, 2.24) is 0 Å². The van der Waals surface area contributed by atoms with E-state index in [9.17, 15) is 0 Å². The normalized spacial score (nSPS) is 11.5. The van der Waals surface area contributed by atoms with E-state index in [1.165, 1.54) is 6.42 Å². The molecule has 0 aromatic heterocycles. The molecule has 22 heavy (non-hydrogen) atoms. The van der Waals surface area contributed by atoms with E-state index < -0.39 is 0 Å². The summed E-state index contributed by atoms with van der Waals surface area (Å²) in [6.45, 7) is 13.2. The fourth-order valence-corrected chi connectivity index (χ4v) is 1.72. The zero-order valence-electron chi connectivity index (χ0n) is 14.8. The molecule has 0 amide bonds. The third kappa shape index (κ3) is 19.8. The van der Waals surface area contributed by atoms with Crippen molar-refractivity contribution in [2.24, 2.45) is 5.92 Å². The Morgan fingerprint density at radius 1 is 0.545 bits per heavy atom. The summed E-state index contributed by atoms with van der Waals surface area (Å²) >= 11 is 0. The molecule has 0 saturated heterocycles. The number of hydrogen-bond acceptors (Lipinski definition) is 5. The van der Waals surface area contributed by atoms with E-state index in [4.69, 9.17) is 23.7 Å². The molecule has 0 aromatic rings. The van der Waals surface area contributed by atoms with Crippen molar-refractivity contribution < 1.29 is 23.7 Å². The first-order valence-corrected chi connectivity index (χ1v) is 8.66. The quantitative estimate of drug-likeness (QED) is 0.363. The van der Waals surface area contributed by atoms with Crippen LogP contribution < -0.4 is 0 Å². The summed E-state index contributed by atoms with van der Waals surface area (Å²) in [6, 6.07) is 0. The predicted octanol–water partition coefficient (Wildman–Crippen LogP) is 2.92. The zero-order valence-corrected chi connectivity index (χ0v) is 14.8. The van der Waals surface area contributed by atoms with E-state index in [1.54, 1.807) is 0 Å². The molecule has 0 aliphatic rings. The molecular formula is C17H36O5. The smallest absolute Gasteiger partial charge is 0.0701 e. The molecule has 0 aromatic carbocycles. The highest BCUT2D eigenvalue weighted by molar-refractivity contribution is 4.44. The minimum atomic E-state index is 0.600. The van der Waals surface area contributed by atoms with Crippen molar-refractivity contribution in [3.05, 3.63) is 0 Å². The highest BCUT2D eigenvalue weighted by Gasteiger charge is 1.95. The van der Waals surface area contributed by atoms with Crippen LogP contribution in [-0.2, 0) is 23.7 Å². The Balaban J connectivity index is 2.94. The number of ether oxygens (including phenoxy) is 5. The van der Waals surface area contributed by atoms with Crippen LogP contribution in [0.25, 0.3) is 0 Å². The maximum Gasteiger partial charge on any atom is 0.0701 e. The second-order valence-electron chi connectivity index (χ2n) is 5.60. The Hall–Kier alpha value is -0.200. The van der Waals surface area contributed by atoms with Gasteiger partial charge in [0.25, 0.3) is 0 Å². The molecule has 0 aliphatic carbocycles. The lowest BCUT2D eigenvalue weighted by molar-refractivity contribution is -0.0112. The summed E-state index contributed by atoms with van der Waals surface area (Å²) in [7, 11) is 0. The average molecular weight is 320 g/mol. The van der Waals surface area contributed by atoms with Gasteiger partial charge in [0.15, 0.2) is 0 Å². The van der Waals surface area contributed by atoms with Crippen LogP contribution in [0.3, 0.4) is 0 Å². The lowest BCUT2D eigenvalue weighted by Gasteiger charge is -2.08. The minimum Gasteiger partial charge on any atom is -0.379 e. The van der Waals surface area contributed by atoms with Gasteiger partial charge in [-0.05, 0) is 25.2 Å². The number of rotatable bonds is 18. The van der Waals surface area contributed by atoms with E-state index in [2.05, 4.69) is 20.8 Å². The lowest BCUT2D eigenvalue weighted by atomic mass is 10.1. The summed E-state index contributed by atoms with van der Waals surface area (Å²) in [6.07, 6.45) is 3.40. The Bertz CT molecular complexity index is 199. The van der Waals surface area contributed by atoms with Crippen LogP contribution in [0.2, 0.25) is 0 Å². The van der Waals surface area contributed by atoms with Crippen LogP contribution >= 0.6 is 0 Å². The maximum atomic E-state index is 5.49. The Morgan fingerprint density at radius 3 is 1.27 bits per heavy atom. The molecule has 0 rings (SSSR count). The molecule has 5 heteroatoms. The van der Waals surface area contributed by atoms with E-state index >= 15 is 0 Å². The highest BCUT2D eigenvalue weighted by Crippen LogP contribution is 2.02. The molecule has 134 valence electrons. The standard InChI is InChI=1S/C17H36O5/c1-4-7-18-9-11-20-13-15-22-16-14-21-12-10-19-8-5-6-17(2)3/h17H,4-16H2,1-3H3. The SMILES string of the molecule is CCCOCCOCCOCCOCCOCCCC(C)C. The number of hydrogen-bond donors (Lipinski definition) is 0. The van der Waals surface area contributed by atoms with Crippen molar-refractivity contribution in [2.45, 2.75) is 40.0 Å². The first kappa shape index (κ1) is 21.8. The third-order valence-corrected chi connectivity index (χ3v) is 2.91. The predicted molar refractivity (Wildman–Crippen MR) is 88.5 cm³/mol. The third-order valence-electron chi connectivity index (χ3n) is 2.91. The van der Waals surface area contributed by atoms with Gasteiger partial charge in [0.1, 0.15) is 0 Å². The van der Waals surface area contributed by atoms with E-state index in [-0.39, 0.29) is 0 Å². The van der Waals surface area contributed by atoms with Gasteiger partial charge in [0, 0.05) is 13.2 Å². The van der Waals surface area contributed by atoms with Gasteiger partial charge in [-0.3, -0.25) is 0 Å². The average Bonchev–Trinajstić information content (AvgIpc) is 2.50. The van der Waals surface area contributed by atoms with Gasteiger partial charge in [0.2, 0.25) is 0 Å². The molecule has 0 radical (unpaired) electrons. The maximum absolute atomic E-state index is 5.49. The van der Waals surface area contributed by atoms with Crippen LogP contribution in [0, 0.1) is 5.92 Å². The minimum absolute atomic E-state index is 0.600. The van der Waals surface area contributed by atoms with Gasteiger partial charge >= 0.3 is 0 Å². The summed E-state index contributed by atoms with van der Waals surface area (Å²) < 4.78 is 27.0. The second-order valence-corrected chi connectivity index (χ2v) is 5.60. The molecule has 0 fully saturated rings. The van der Waals surface area contributed by atoms with Crippen LogP contribution in [-0.4, -0.2) is 66.1 Å². The first-order chi connectivity index (χ1) is 10.8. The Morgan fingerprint density at radius 2 is 0.909 bits per heavy atom. The molecule has 0 atom stereocenters. The van der Waals surface area contributed by atoms with Crippen molar-refractivity contribution in [2.75, 3.05) is 66.1 Å². The van der Waals surface area contributed by atoms with Crippen LogP contribution in [0.5, 0.6) is 0 Å². The van der Waals surface area contributed by atoms with E-state index in [0.717, 1.165) is 32.0 Å². The zero-order chi connectivity index (χ0) is 16.3. The van der Waals surface area contributed by atoms with Crippen LogP contribution in [0.1, 0.15) is 40.0 Å². The molecular weight excluding hydrogens is 284 g/mol. The Labute approximate surface area is 136 Å². The van der Waals surface area contributed by atoms with Crippen LogP contribution in [0.4, 0.5) is 0 Å². The molecule has 0 saturated carbocycles. The highest BCUT2D eigenvalue weighted by atomic mass is 16.6. The Kier molecular flexibility index (Phi) is 18.7. The van der Waals surface area contributed by atoms with Gasteiger partial charge in [-0.2, -0.15) is 0 Å². The molecule has 0 heterocycles. The van der Waals surface area contributed by atoms with Crippen LogP contribution in [0.15, 0.2) is 0 Å². The largest absolute Gasteiger partial charge is 0.379 e. The lowest BCUT2D eigenvalue weighted by Crippen LogP contribution is -2.13. The first-order valence-electron chi connectivity index (χ1n) is 8.66. The van der Waals surface area contributed by atoms with E-state index in [1.807, 2.05) is 0 Å². The van der Waals surface area contributed by atoms with Crippen molar-refractivity contribution in [3.63, 3.8) is 0 Å². The van der Waals surface area contributed by atoms with Gasteiger partial charge < -0.3 is 23.7 Å². The molecule has 0 unspecified atom stereocenters. The topological polar surface area (TPSA) is 46.2 Å². The van der Waals surface area contributed by atoms with Crippen molar-refractivity contribution in [1.29, 1.82) is 0 Å². The molecule has 0 spiro atoms. The van der Waals surface area contributed by atoms with Crippen molar-refractivity contribution in [3.8, 4) is 0 Å². The molecule has 0 aliphatic heterocycles. The second kappa shape index (κ2) is 18.8.